The summed E-state index contributed by atoms with van der Waals surface area (Å²) in [6.07, 6.45) is -5.10. The summed E-state index contributed by atoms with van der Waals surface area (Å²) in [4.78, 5) is 13.1. The fourth-order valence-electron chi connectivity index (χ4n) is 1.79. The summed E-state index contributed by atoms with van der Waals surface area (Å²) in [7, 11) is 2.78. The molecule has 0 fully saturated rings. The summed E-state index contributed by atoms with van der Waals surface area (Å²) >= 11 is 0. The molecule has 0 amide bonds. The molecular formula is C13H17F3N2O2. The second kappa shape index (κ2) is 6.60. The smallest absolute Gasteiger partial charge is 0.390 e. The average Bonchev–Trinajstić information content (AvgIpc) is 2.35. The number of nitrogens with zero attached hydrogens (tertiary/aromatic N) is 1. The lowest BCUT2D eigenvalue weighted by Crippen LogP contribution is -2.25. The van der Waals surface area contributed by atoms with Crippen molar-refractivity contribution in [2.24, 2.45) is 0 Å². The van der Waals surface area contributed by atoms with Gasteiger partial charge in [0, 0.05) is 18.8 Å². The summed E-state index contributed by atoms with van der Waals surface area (Å²) in [5, 5.41) is 0. The van der Waals surface area contributed by atoms with E-state index < -0.39 is 18.6 Å². The second-order valence-electron chi connectivity index (χ2n) is 4.48. The summed E-state index contributed by atoms with van der Waals surface area (Å²) in [5.41, 5.74) is 6.71. The molecule has 2 N–H and O–H groups in total. The normalized spacial score (nSPS) is 11.7. The molecule has 0 saturated carbocycles. The number of benzene rings is 1. The molecule has 1 rings (SSSR count). The van der Waals surface area contributed by atoms with Crippen LogP contribution < -0.4 is 5.73 Å². The van der Waals surface area contributed by atoms with Gasteiger partial charge in [-0.1, -0.05) is 12.1 Å². The molecule has 0 aromatic heterocycles. The molecule has 0 atom stereocenters. The fourth-order valence-corrected chi connectivity index (χ4v) is 1.79. The van der Waals surface area contributed by atoms with Crippen LogP contribution in [0.5, 0.6) is 0 Å². The number of carbonyl (C=O) groups is 1. The van der Waals surface area contributed by atoms with Crippen molar-refractivity contribution in [2.45, 2.75) is 19.1 Å². The van der Waals surface area contributed by atoms with E-state index in [0.717, 1.165) is 0 Å². The van der Waals surface area contributed by atoms with Crippen molar-refractivity contribution in [2.75, 3.05) is 26.4 Å². The van der Waals surface area contributed by atoms with Crippen LogP contribution in [0.15, 0.2) is 18.2 Å². The van der Waals surface area contributed by atoms with Crippen LogP contribution in [0.2, 0.25) is 0 Å². The monoisotopic (exact) mass is 290 g/mol. The van der Waals surface area contributed by atoms with E-state index in [1.165, 1.54) is 12.0 Å². The molecule has 0 aliphatic carbocycles. The Kier molecular flexibility index (Phi) is 5.38. The molecule has 0 radical (unpaired) electrons. The van der Waals surface area contributed by atoms with Gasteiger partial charge in [0.15, 0.2) is 0 Å². The summed E-state index contributed by atoms with van der Waals surface area (Å²) in [6, 6.07) is 4.84. The van der Waals surface area contributed by atoms with Crippen molar-refractivity contribution in [3.8, 4) is 0 Å². The molecule has 20 heavy (non-hydrogen) atoms. The third kappa shape index (κ3) is 4.73. The molecule has 0 aliphatic heterocycles. The standard InChI is InChI=1S/C13H17F3N2O2/c1-18(7-6-13(14,15)16)8-9-4-3-5-10(17)11(9)12(19)20-2/h3-5H,6-8,17H2,1-2H3. The van der Waals surface area contributed by atoms with Gasteiger partial charge in [0.25, 0.3) is 0 Å². The van der Waals surface area contributed by atoms with E-state index in [2.05, 4.69) is 4.74 Å². The first-order valence-corrected chi connectivity index (χ1v) is 5.95. The van der Waals surface area contributed by atoms with E-state index in [9.17, 15) is 18.0 Å². The minimum Gasteiger partial charge on any atom is -0.465 e. The van der Waals surface area contributed by atoms with Gasteiger partial charge in [-0.3, -0.25) is 0 Å². The number of ether oxygens (including phenoxy) is 1. The Labute approximate surface area is 115 Å². The van der Waals surface area contributed by atoms with Crippen LogP contribution in [0.3, 0.4) is 0 Å². The van der Waals surface area contributed by atoms with Crippen LogP contribution in [-0.2, 0) is 11.3 Å². The molecule has 7 heteroatoms. The number of nitrogens with two attached hydrogens (primary N) is 1. The number of carbonyl (C=O) groups excluding carboxylic acids is 1. The minimum absolute atomic E-state index is 0.154. The zero-order valence-electron chi connectivity index (χ0n) is 11.3. The largest absolute Gasteiger partial charge is 0.465 e. The van der Waals surface area contributed by atoms with Crippen LogP contribution in [0.1, 0.15) is 22.3 Å². The number of rotatable bonds is 5. The molecule has 112 valence electrons. The predicted molar refractivity (Wildman–Crippen MR) is 69.2 cm³/mol. The Morgan fingerprint density at radius 3 is 2.60 bits per heavy atom. The third-order valence-corrected chi connectivity index (χ3v) is 2.79. The highest BCUT2D eigenvalue weighted by Gasteiger charge is 2.27. The molecule has 0 bridgehead atoms. The summed E-state index contributed by atoms with van der Waals surface area (Å²) in [5.74, 6) is -0.595. The first-order valence-electron chi connectivity index (χ1n) is 5.95. The van der Waals surface area contributed by atoms with Gasteiger partial charge in [0.1, 0.15) is 0 Å². The first-order chi connectivity index (χ1) is 9.24. The molecule has 0 spiro atoms. The van der Waals surface area contributed by atoms with E-state index in [0.29, 0.717) is 5.56 Å². The Bertz CT molecular complexity index is 475. The highest BCUT2D eigenvalue weighted by molar-refractivity contribution is 5.96. The first kappa shape index (κ1) is 16.3. The number of methoxy groups -OCH3 is 1. The lowest BCUT2D eigenvalue weighted by molar-refractivity contribution is -0.137. The Balaban J connectivity index is 2.82. The summed E-state index contributed by atoms with van der Waals surface area (Å²) in [6.45, 7) is 0.0322. The van der Waals surface area contributed by atoms with E-state index in [1.54, 1.807) is 25.2 Å². The Morgan fingerprint density at radius 1 is 1.40 bits per heavy atom. The topological polar surface area (TPSA) is 55.6 Å². The van der Waals surface area contributed by atoms with Gasteiger partial charge in [-0.05, 0) is 18.7 Å². The number of hydrogen-bond acceptors (Lipinski definition) is 4. The number of esters is 1. The molecule has 0 saturated heterocycles. The quantitative estimate of drug-likeness (QED) is 0.668. The van der Waals surface area contributed by atoms with Crippen molar-refractivity contribution < 1.29 is 22.7 Å². The Hall–Kier alpha value is -1.76. The van der Waals surface area contributed by atoms with Gasteiger partial charge in [-0.15, -0.1) is 0 Å². The fraction of sp³-hybridized carbons (Fsp3) is 0.462. The minimum atomic E-state index is -4.20. The molecule has 0 unspecified atom stereocenters. The predicted octanol–water partition coefficient (Wildman–Crippen LogP) is 2.44. The molecule has 4 nitrogen and oxygen atoms in total. The van der Waals surface area contributed by atoms with Gasteiger partial charge >= 0.3 is 12.1 Å². The van der Waals surface area contributed by atoms with Crippen LogP contribution in [0.4, 0.5) is 18.9 Å². The van der Waals surface area contributed by atoms with Gasteiger partial charge in [0.05, 0.1) is 19.1 Å². The van der Waals surface area contributed by atoms with Crippen molar-refractivity contribution in [3.63, 3.8) is 0 Å². The zero-order chi connectivity index (χ0) is 15.3. The van der Waals surface area contributed by atoms with E-state index >= 15 is 0 Å². The van der Waals surface area contributed by atoms with Crippen LogP contribution in [0, 0.1) is 0 Å². The Morgan fingerprint density at radius 2 is 2.05 bits per heavy atom. The van der Waals surface area contributed by atoms with Crippen molar-refractivity contribution in [1.82, 2.24) is 4.90 Å². The number of hydrogen-bond donors (Lipinski definition) is 1. The SMILES string of the molecule is COC(=O)c1c(N)cccc1CN(C)CCC(F)(F)F. The lowest BCUT2D eigenvalue weighted by atomic mass is 10.0. The average molecular weight is 290 g/mol. The lowest BCUT2D eigenvalue weighted by Gasteiger charge is -2.19. The summed E-state index contributed by atoms with van der Waals surface area (Å²) < 4.78 is 41.1. The van der Waals surface area contributed by atoms with Gasteiger partial charge in [0.2, 0.25) is 0 Å². The van der Waals surface area contributed by atoms with Gasteiger partial charge in [-0.2, -0.15) is 13.2 Å². The number of anilines is 1. The highest BCUT2D eigenvalue weighted by Crippen LogP contribution is 2.22. The molecule has 0 aliphatic rings. The second-order valence-corrected chi connectivity index (χ2v) is 4.48. The molecule has 1 aromatic carbocycles. The maximum Gasteiger partial charge on any atom is 0.390 e. The van der Waals surface area contributed by atoms with E-state index in [1.807, 2.05) is 0 Å². The van der Waals surface area contributed by atoms with Crippen LogP contribution >= 0.6 is 0 Å². The number of alkyl halides is 3. The maximum absolute atomic E-state index is 12.2. The number of nitrogen functional groups attached to an aromatic ring is 1. The van der Waals surface area contributed by atoms with Crippen molar-refractivity contribution in [3.05, 3.63) is 29.3 Å². The highest BCUT2D eigenvalue weighted by atomic mass is 19.4. The molecular weight excluding hydrogens is 273 g/mol. The maximum atomic E-state index is 12.2. The van der Waals surface area contributed by atoms with Crippen LogP contribution in [0.25, 0.3) is 0 Å². The third-order valence-electron chi connectivity index (χ3n) is 2.79. The molecule has 1 aromatic rings. The van der Waals surface area contributed by atoms with Gasteiger partial charge in [-0.25, -0.2) is 4.79 Å². The molecule has 0 heterocycles. The van der Waals surface area contributed by atoms with E-state index in [4.69, 9.17) is 5.73 Å². The van der Waals surface area contributed by atoms with Crippen molar-refractivity contribution in [1.29, 1.82) is 0 Å². The zero-order valence-corrected chi connectivity index (χ0v) is 11.3. The van der Waals surface area contributed by atoms with Gasteiger partial charge < -0.3 is 15.4 Å². The van der Waals surface area contributed by atoms with Crippen molar-refractivity contribution >= 4 is 11.7 Å². The number of halogens is 3. The van der Waals surface area contributed by atoms with E-state index in [-0.39, 0.29) is 24.3 Å². The van der Waals surface area contributed by atoms with Crippen LogP contribution in [-0.4, -0.2) is 37.7 Å².